The average molecular weight is 315 g/mol. The molecule has 2 nitrogen and oxygen atoms in total. The molecule has 5 heteroatoms. The molecule has 0 bridgehead atoms. The number of halogens is 2. The van der Waals surface area contributed by atoms with Gasteiger partial charge in [-0.05, 0) is 36.8 Å². The van der Waals surface area contributed by atoms with E-state index in [-0.39, 0.29) is 0 Å². The summed E-state index contributed by atoms with van der Waals surface area (Å²) >= 11 is 14.1. The molecule has 1 saturated heterocycles. The minimum absolute atomic E-state index is 0.448. The number of rotatable bonds is 3. The van der Waals surface area contributed by atoms with Crippen molar-refractivity contribution in [3.05, 3.63) is 29.0 Å². The predicted octanol–water partition coefficient (Wildman–Crippen LogP) is 4.71. The van der Waals surface area contributed by atoms with Crippen LogP contribution < -0.4 is 0 Å². The van der Waals surface area contributed by atoms with Crippen LogP contribution in [0.5, 0.6) is 0 Å². The molecule has 19 heavy (non-hydrogen) atoms. The summed E-state index contributed by atoms with van der Waals surface area (Å²) in [5.41, 5.74) is 2.09. The van der Waals surface area contributed by atoms with E-state index in [4.69, 9.17) is 23.2 Å². The Morgan fingerprint density at radius 1 is 1.37 bits per heavy atom. The molecule has 1 unspecified atom stereocenters. The van der Waals surface area contributed by atoms with Crippen LogP contribution in [0.25, 0.3) is 11.0 Å². The van der Waals surface area contributed by atoms with E-state index in [1.54, 1.807) is 0 Å². The Labute approximate surface area is 127 Å². The molecule has 1 aliphatic rings. The van der Waals surface area contributed by atoms with E-state index in [9.17, 15) is 0 Å². The number of fused-ring (bicyclic) bond motifs is 1. The van der Waals surface area contributed by atoms with Gasteiger partial charge in [0.1, 0.15) is 5.82 Å². The van der Waals surface area contributed by atoms with Crippen molar-refractivity contribution in [3.8, 4) is 0 Å². The minimum Gasteiger partial charge on any atom is -0.326 e. The number of imidazole rings is 1. The van der Waals surface area contributed by atoms with Gasteiger partial charge in [-0.15, -0.1) is 11.6 Å². The molecule has 0 spiro atoms. The third kappa shape index (κ3) is 2.88. The van der Waals surface area contributed by atoms with Gasteiger partial charge in [-0.1, -0.05) is 18.0 Å². The smallest absolute Gasteiger partial charge is 0.124 e. The number of hydrogen-bond acceptors (Lipinski definition) is 2. The number of hydrogen-bond donors (Lipinski definition) is 0. The molecule has 102 valence electrons. The minimum atomic E-state index is 0.448. The van der Waals surface area contributed by atoms with Gasteiger partial charge in [0, 0.05) is 16.8 Å². The van der Waals surface area contributed by atoms with Crippen LogP contribution in [-0.4, -0.2) is 20.6 Å². The lowest BCUT2D eigenvalue weighted by molar-refractivity contribution is 0.582. The first-order valence-corrected chi connectivity index (χ1v) is 8.56. The van der Waals surface area contributed by atoms with E-state index >= 15 is 0 Å². The summed E-state index contributed by atoms with van der Waals surface area (Å²) < 4.78 is 2.27. The third-order valence-electron chi connectivity index (χ3n) is 3.57. The highest BCUT2D eigenvalue weighted by Crippen LogP contribution is 2.29. The van der Waals surface area contributed by atoms with Gasteiger partial charge in [0.05, 0.1) is 16.9 Å². The van der Waals surface area contributed by atoms with Crippen LogP contribution in [0.15, 0.2) is 18.2 Å². The van der Waals surface area contributed by atoms with Gasteiger partial charge >= 0.3 is 0 Å². The normalized spacial score (nSPS) is 20.0. The van der Waals surface area contributed by atoms with Crippen molar-refractivity contribution in [3.63, 3.8) is 0 Å². The molecule has 0 saturated carbocycles. The van der Waals surface area contributed by atoms with Crippen molar-refractivity contribution in [2.75, 3.05) is 5.75 Å². The Morgan fingerprint density at radius 3 is 3.00 bits per heavy atom. The summed E-state index contributed by atoms with van der Waals surface area (Å²) in [6.07, 6.45) is 3.98. The average Bonchev–Trinajstić information content (AvgIpc) is 2.77. The first-order chi connectivity index (χ1) is 9.28. The molecule has 1 aromatic heterocycles. The molecule has 0 aliphatic carbocycles. The molecular formula is C14H16Cl2N2S. The van der Waals surface area contributed by atoms with Gasteiger partial charge in [0.15, 0.2) is 0 Å². The Hall–Kier alpha value is -0.380. The van der Waals surface area contributed by atoms with Crippen LogP contribution in [0.2, 0.25) is 5.02 Å². The predicted molar refractivity (Wildman–Crippen MR) is 84.4 cm³/mol. The Bertz CT molecular complexity index is 576. The second-order valence-electron chi connectivity index (χ2n) is 4.89. The quantitative estimate of drug-likeness (QED) is 0.763. The molecule has 0 amide bonds. The number of aromatic nitrogens is 2. The largest absolute Gasteiger partial charge is 0.326 e. The standard InChI is InChI=1S/C14H16Cl2N2S/c15-8-14-17-12-7-10(16)4-5-13(12)18(14)9-11-3-1-2-6-19-11/h4-5,7,11H,1-3,6,8-9H2. The van der Waals surface area contributed by atoms with E-state index < -0.39 is 0 Å². The Kier molecular flexibility index (Phi) is 4.25. The van der Waals surface area contributed by atoms with E-state index in [0.717, 1.165) is 28.4 Å². The van der Waals surface area contributed by atoms with Gasteiger partial charge in [0.25, 0.3) is 0 Å². The second kappa shape index (κ2) is 5.94. The summed E-state index contributed by atoms with van der Waals surface area (Å²) in [4.78, 5) is 4.59. The summed E-state index contributed by atoms with van der Waals surface area (Å²) in [6, 6.07) is 5.89. The van der Waals surface area contributed by atoms with E-state index in [0.29, 0.717) is 11.1 Å². The molecule has 2 heterocycles. The summed E-state index contributed by atoms with van der Waals surface area (Å²) in [6.45, 7) is 1.00. The van der Waals surface area contributed by atoms with Crippen LogP contribution in [0, 0.1) is 0 Å². The van der Waals surface area contributed by atoms with Crippen LogP contribution >= 0.6 is 35.0 Å². The summed E-state index contributed by atoms with van der Waals surface area (Å²) in [7, 11) is 0. The van der Waals surface area contributed by atoms with Gasteiger partial charge in [-0.25, -0.2) is 4.98 Å². The maximum Gasteiger partial charge on any atom is 0.124 e. The van der Waals surface area contributed by atoms with Crippen molar-refractivity contribution in [1.82, 2.24) is 9.55 Å². The van der Waals surface area contributed by atoms with Gasteiger partial charge in [-0.3, -0.25) is 0 Å². The highest BCUT2D eigenvalue weighted by atomic mass is 35.5. The molecule has 0 N–H and O–H groups in total. The Balaban J connectivity index is 1.95. The zero-order valence-corrected chi connectivity index (χ0v) is 12.9. The maximum atomic E-state index is 6.04. The third-order valence-corrected chi connectivity index (χ3v) is 5.42. The molecule has 3 rings (SSSR count). The zero-order valence-electron chi connectivity index (χ0n) is 10.6. The monoisotopic (exact) mass is 314 g/mol. The first kappa shape index (κ1) is 13.6. The fourth-order valence-corrected chi connectivity index (χ4v) is 4.28. The SMILES string of the molecule is ClCc1nc2cc(Cl)ccc2n1CC1CCCCS1. The molecular weight excluding hydrogens is 299 g/mol. The van der Waals surface area contributed by atoms with Crippen LogP contribution in [0.4, 0.5) is 0 Å². The zero-order chi connectivity index (χ0) is 13.2. The lowest BCUT2D eigenvalue weighted by Crippen LogP contribution is -2.18. The van der Waals surface area contributed by atoms with Gasteiger partial charge < -0.3 is 4.57 Å². The van der Waals surface area contributed by atoms with Crippen LogP contribution in [-0.2, 0) is 12.4 Å². The van der Waals surface area contributed by atoms with Crippen molar-refractivity contribution >= 4 is 46.0 Å². The van der Waals surface area contributed by atoms with Gasteiger partial charge in [-0.2, -0.15) is 11.8 Å². The van der Waals surface area contributed by atoms with E-state index in [1.165, 1.54) is 25.0 Å². The highest BCUT2D eigenvalue weighted by Gasteiger charge is 2.18. The Morgan fingerprint density at radius 2 is 2.26 bits per heavy atom. The first-order valence-electron chi connectivity index (χ1n) is 6.60. The van der Waals surface area contributed by atoms with E-state index in [2.05, 4.69) is 21.3 Å². The topological polar surface area (TPSA) is 17.8 Å². The van der Waals surface area contributed by atoms with Crippen LogP contribution in [0.3, 0.4) is 0 Å². The lowest BCUT2D eigenvalue weighted by Gasteiger charge is -2.22. The molecule has 1 aromatic carbocycles. The lowest BCUT2D eigenvalue weighted by atomic mass is 10.2. The molecule has 1 fully saturated rings. The number of thioether (sulfide) groups is 1. The van der Waals surface area contributed by atoms with Crippen molar-refractivity contribution in [2.24, 2.45) is 0 Å². The molecule has 1 atom stereocenters. The fraction of sp³-hybridized carbons (Fsp3) is 0.500. The number of nitrogens with zero attached hydrogens (tertiary/aromatic N) is 2. The summed E-state index contributed by atoms with van der Waals surface area (Å²) in [5, 5.41) is 1.41. The number of alkyl halides is 1. The van der Waals surface area contributed by atoms with Crippen molar-refractivity contribution < 1.29 is 0 Å². The van der Waals surface area contributed by atoms with Crippen molar-refractivity contribution in [2.45, 2.75) is 36.9 Å². The molecule has 1 aliphatic heterocycles. The molecule has 2 aromatic rings. The maximum absolute atomic E-state index is 6.04. The number of benzene rings is 1. The highest BCUT2D eigenvalue weighted by molar-refractivity contribution is 7.99. The fourth-order valence-electron chi connectivity index (χ4n) is 2.61. The van der Waals surface area contributed by atoms with Crippen molar-refractivity contribution in [1.29, 1.82) is 0 Å². The van der Waals surface area contributed by atoms with Crippen LogP contribution in [0.1, 0.15) is 25.1 Å². The van der Waals surface area contributed by atoms with E-state index in [1.807, 2.05) is 18.2 Å². The summed E-state index contributed by atoms with van der Waals surface area (Å²) in [5.74, 6) is 2.67. The second-order valence-corrected chi connectivity index (χ2v) is 7.01. The molecule has 0 radical (unpaired) electrons. The van der Waals surface area contributed by atoms with Gasteiger partial charge in [0.2, 0.25) is 0 Å².